The zero-order valence-electron chi connectivity index (χ0n) is 25.8. The van der Waals surface area contributed by atoms with Crippen LogP contribution in [-0.2, 0) is 23.9 Å². The van der Waals surface area contributed by atoms with Crippen LogP contribution in [-0.4, -0.2) is 83.8 Å². The van der Waals surface area contributed by atoms with E-state index in [9.17, 15) is 19.2 Å². The smallest absolute Gasteiger partial charge is 0.306 e. The fraction of sp³-hybridized carbons (Fsp3) is 0.719. The lowest BCUT2D eigenvalue weighted by molar-refractivity contribution is -0.155. The molecule has 1 saturated carbocycles. The summed E-state index contributed by atoms with van der Waals surface area (Å²) in [6, 6.07) is 3.36. The van der Waals surface area contributed by atoms with Crippen LogP contribution in [0.15, 0.2) is 24.5 Å². The molecule has 10 heteroatoms. The number of carbonyl (C=O) groups is 4. The third-order valence-electron chi connectivity index (χ3n) is 9.28. The summed E-state index contributed by atoms with van der Waals surface area (Å²) in [5.41, 5.74) is 0.752. The van der Waals surface area contributed by atoms with E-state index in [1.807, 2.05) is 32.9 Å². The summed E-state index contributed by atoms with van der Waals surface area (Å²) in [4.78, 5) is 58.4. The lowest BCUT2D eigenvalue weighted by Gasteiger charge is -2.45. The first-order valence-electron chi connectivity index (χ1n) is 15.6. The molecule has 0 aromatic carbocycles. The van der Waals surface area contributed by atoms with Crippen LogP contribution in [0.3, 0.4) is 0 Å². The molecule has 1 aromatic heterocycles. The Morgan fingerprint density at radius 2 is 1.71 bits per heavy atom. The van der Waals surface area contributed by atoms with Crippen LogP contribution in [0, 0.1) is 17.3 Å². The molecule has 10 nitrogen and oxygen atoms in total. The molecule has 3 aliphatic rings. The van der Waals surface area contributed by atoms with Gasteiger partial charge in [0, 0.05) is 51.3 Å². The maximum absolute atomic E-state index is 13.0. The van der Waals surface area contributed by atoms with Crippen LogP contribution >= 0.6 is 0 Å². The number of pyridine rings is 1. The number of esters is 1. The third kappa shape index (κ3) is 8.52. The number of ether oxygens (including phenoxy) is 1. The van der Waals surface area contributed by atoms with Crippen LogP contribution in [0.2, 0.25) is 0 Å². The first-order chi connectivity index (χ1) is 20.0. The maximum Gasteiger partial charge on any atom is 0.306 e. The molecule has 2 N–H and O–H groups in total. The highest BCUT2D eigenvalue weighted by Gasteiger charge is 2.43. The molecule has 2 aliphatic heterocycles. The van der Waals surface area contributed by atoms with E-state index >= 15 is 0 Å². The number of nitrogens with zero attached hydrogens (tertiary/aromatic N) is 3. The molecule has 0 radical (unpaired) electrons. The van der Waals surface area contributed by atoms with Crippen LogP contribution in [0.5, 0.6) is 0 Å². The second-order valence-corrected chi connectivity index (χ2v) is 13.4. The van der Waals surface area contributed by atoms with Crippen molar-refractivity contribution < 1.29 is 23.9 Å². The van der Waals surface area contributed by atoms with E-state index in [0.29, 0.717) is 24.9 Å². The van der Waals surface area contributed by atoms with Crippen molar-refractivity contribution in [1.82, 2.24) is 25.4 Å². The highest BCUT2D eigenvalue weighted by atomic mass is 16.6. The third-order valence-corrected chi connectivity index (χ3v) is 9.28. The van der Waals surface area contributed by atoms with Crippen molar-refractivity contribution in [2.45, 2.75) is 90.2 Å². The van der Waals surface area contributed by atoms with Gasteiger partial charge in [-0.15, -0.1) is 0 Å². The van der Waals surface area contributed by atoms with E-state index in [1.165, 1.54) is 0 Å². The molecule has 232 valence electrons. The molecular formula is C32H49N5O5. The van der Waals surface area contributed by atoms with Gasteiger partial charge in [0.25, 0.3) is 0 Å². The van der Waals surface area contributed by atoms with E-state index in [0.717, 1.165) is 70.1 Å². The molecule has 42 heavy (non-hydrogen) atoms. The Bertz CT molecular complexity index is 1090. The van der Waals surface area contributed by atoms with Crippen molar-refractivity contribution in [2.75, 3.05) is 39.8 Å². The molecule has 0 unspecified atom stereocenters. The van der Waals surface area contributed by atoms with Crippen molar-refractivity contribution in [3.8, 4) is 0 Å². The van der Waals surface area contributed by atoms with Gasteiger partial charge in [-0.1, -0.05) is 6.07 Å². The predicted octanol–water partition coefficient (Wildman–Crippen LogP) is 3.23. The number of amides is 3. The van der Waals surface area contributed by atoms with Gasteiger partial charge in [-0.25, -0.2) is 0 Å². The minimum Gasteiger partial charge on any atom is -0.460 e. The normalized spacial score (nSPS) is 23.1. The molecule has 3 heterocycles. The highest BCUT2D eigenvalue weighted by molar-refractivity contribution is 5.90. The summed E-state index contributed by atoms with van der Waals surface area (Å²) < 4.78 is 5.41. The number of rotatable bonds is 10. The van der Waals surface area contributed by atoms with Gasteiger partial charge in [-0.2, -0.15) is 0 Å². The molecule has 4 rings (SSSR count). The Morgan fingerprint density at radius 1 is 1.05 bits per heavy atom. The molecule has 3 fully saturated rings. The standard InChI is InChI=1S/C32H49N5O5/c1-31(2,3)42-27(39)8-6-18-37-19-13-32(14-20-37)11-9-23(10-12-32)29(40)34-16-17-35-30(41)25-21-26(38)36(4)28(25)24-7-5-15-33-22-24/h5,7,15,22-23,25,28H,6,8-14,16-21H2,1-4H3,(H,34,40)(H,35,41)/t25-,28+/m0/s1. The number of carbonyl (C=O) groups excluding carboxylic acids is 4. The van der Waals surface area contributed by atoms with Crippen molar-refractivity contribution in [2.24, 2.45) is 17.3 Å². The maximum atomic E-state index is 13.0. The topological polar surface area (TPSA) is 121 Å². The number of nitrogens with one attached hydrogen (secondary N) is 2. The van der Waals surface area contributed by atoms with Crippen LogP contribution in [0.4, 0.5) is 0 Å². The molecule has 0 bridgehead atoms. The van der Waals surface area contributed by atoms with Gasteiger partial charge in [0.05, 0.1) is 12.0 Å². The Hall–Kier alpha value is -3.01. The highest BCUT2D eigenvalue weighted by Crippen LogP contribution is 2.46. The van der Waals surface area contributed by atoms with Crippen molar-refractivity contribution in [3.05, 3.63) is 30.1 Å². The average Bonchev–Trinajstić information content (AvgIpc) is 3.26. The zero-order valence-corrected chi connectivity index (χ0v) is 25.8. The summed E-state index contributed by atoms with van der Waals surface area (Å²) in [5.74, 6) is -0.740. The first-order valence-corrected chi connectivity index (χ1v) is 15.6. The van der Waals surface area contributed by atoms with Gasteiger partial charge in [-0.05, 0) is 102 Å². The van der Waals surface area contributed by atoms with E-state index in [4.69, 9.17) is 4.74 Å². The van der Waals surface area contributed by atoms with E-state index in [1.54, 1.807) is 24.3 Å². The Morgan fingerprint density at radius 3 is 2.33 bits per heavy atom. The van der Waals surface area contributed by atoms with Crippen LogP contribution in [0.25, 0.3) is 0 Å². The fourth-order valence-electron chi connectivity index (χ4n) is 6.84. The second-order valence-electron chi connectivity index (χ2n) is 13.4. The van der Waals surface area contributed by atoms with Crippen molar-refractivity contribution >= 4 is 23.7 Å². The minimum atomic E-state index is -0.478. The molecular weight excluding hydrogens is 534 g/mol. The van der Waals surface area contributed by atoms with Gasteiger partial charge in [0.1, 0.15) is 5.60 Å². The zero-order chi connectivity index (χ0) is 30.3. The van der Waals surface area contributed by atoms with Crippen LogP contribution in [0.1, 0.15) is 90.2 Å². The van der Waals surface area contributed by atoms with E-state index in [-0.39, 0.29) is 42.1 Å². The van der Waals surface area contributed by atoms with E-state index in [2.05, 4.69) is 20.5 Å². The average molecular weight is 584 g/mol. The number of likely N-dealkylation sites (tertiary alicyclic amines) is 2. The van der Waals surface area contributed by atoms with Gasteiger partial charge in [0.15, 0.2) is 0 Å². The molecule has 1 spiro atoms. The monoisotopic (exact) mass is 583 g/mol. The number of hydrogen-bond donors (Lipinski definition) is 2. The summed E-state index contributed by atoms with van der Waals surface area (Å²) in [7, 11) is 1.72. The number of piperidine rings is 1. The Balaban J connectivity index is 1.11. The number of aromatic nitrogens is 1. The Kier molecular flexibility index (Phi) is 10.6. The first kappa shape index (κ1) is 31.9. The van der Waals surface area contributed by atoms with E-state index < -0.39 is 11.5 Å². The predicted molar refractivity (Wildman–Crippen MR) is 159 cm³/mol. The second kappa shape index (κ2) is 14.0. The Labute approximate surface area is 250 Å². The summed E-state index contributed by atoms with van der Waals surface area (Å²) in [6.07, 6.45) is 11.1. The summed E-state index contributed by atoms with van der Waals surface area (Å²) >= 11 is 0. The minimum absolute atomic E-state index is 0.0225. The molecule has 3 amide bonds. The van der Waals surface area contributed by atoms with Gasteiger partial charge < -0.3 is 25.2 Å². The lowest BCUT2D eigenvalue weighted by atomic mass is 9.65. The summed E-state index contributed by atoms with van der Waals surface area (Å²) in [6.45, 7) is 9.42. The largest absolute Gasteiger partial charge is 0.460 e. The molecule has 1 aliphatic carbocycles. The van der Waals surface area contributed by atoms with Gasteiger partial charge in [-0.3, -0.25) is 24.2 Å². The molecule has 2 atom stereocenters. The molecule has 1 aromatic rings. The number of hydrogen-bond acceptors (Lipinski definition) is 7. The van der Waals surface area contributed by atoms with Crippen molar-refractivity contribution in [1.29, 1.82) is 0 Å². The van der Waals surface area contributed by atoms with Gasteiger partial charge in [0.2, 0.25) is 17.7 Å². The SMILES string of the molecule is CN1C(=O)C[C@H](C(=O)NCCNC(=O)C2CCC3(CC2)CCN(CCCC(=O)OC(C)(C)C)CC3)[C@H]1c1cccnc1. The lowest BCUT2D eigenvalue weighted by Crippen LogP contribution is -2.45. The van der Waals surface area contributed by atoms with Gasteiger partial charge >= 0.3 is 5.97 Å². The fourth-order valence-corrected chi connectivity index (χ4v) is 6.84. The van der Waals surface area contributed by atoms with Crippen molar-refractivity contribution in [3.63, 3.8) is 0 Å². The quantitative estimate of drug-likeness (QED) is 0.321. The molecule has 2 saturated heterocycles. The summed E-state index contributed by atoms with van der Waals surface area (Å²) in [5, 5.41) is 5.94. The van der Waals surface area contributed by atoms with Crippen LogP contribution < -0.4 is 10.6 Å².